The summed E-state index contributed by atoms with van der Waals surface area (Å²) in [7, 11) is 0. The summed E-state index contributed by atoms with van der Waals surface area (Å²) in [5.41, 5.74) is 0. The van der Waals surface area contributed by atoms with E-state index in [9.17, 15) is 0 Å². The molecule has 108 valence electrons. The molecule has 0 atom stereocenters. The van der Waals surface area contributed by atoms with Crippen molar-refractivity contribution in [2.75, 3.05) is 0 Å². The smallest absolute Gasteiger partial charge is 0.534 e. The summed E-state index contributed by atoms with van der Waals surface area (Å²) in [6.45, 7) is 16.5. The Bertz CT molecular complexity index is 187. The number of nitrogens with zero attached hydrogens (tertiary/aromatic N) is 2. The molecule has 5 heteroatoms. The Morgan fingerprint density at radius 3 is 0.737 bits per heavy atom. The van der Waals surface area contributed by atoms with E-state index < -0.39 is 0 Å². The second-order valence-corrected chi connectivity index (χ2v) is 5.41. The van der Waals surface area contributed by atoms with Gasteiger partial charge in [-0.05, 0) is 79.6 Å². The van der Waals surface area contributed by atoms with Gasteiger partial charge in [0, 0.05) is 0 Å². The quantitative estimate of drug-likeness (QED) is 0.260. The van der Waals surface area contributed by atoms with Crippen LogP contribution in [0.15, 0.2) is 0 Å². The van der Waals surface area contributed by atoms with E-state index in [-0.39, 0.29) is 37.7 Å². The predicted molar refractivity (Wildman–Crippen MR) is 85.4 cm³/mol. The van der Waals surface area contributed by atoms with E-state index >= 15 is 0 Å². The van der Waals surface area contributed by atoms with Crippen LogP contribution in [0.1, 0.15) is 55.4 Å². The van der Waals surface area contributed by atoms with Crippen molar-refractivity contribution in [1.82, 2.24) is 9.80 Å². The second kappa shape index (κ2) is 13.2. The average molecular weight is 294 g/mol. The van der Waals surface area contributed by atoms with E-state index in [2.05, 4.69) is 68.1 Å². The Hall–Kier alpha value is 0.200. The van der Waals surface area contributed by atoms with Crippen LogP contribution in [0.5, 0.6) is 0 Å². The Kier molecular flexibility index (Phi) is 16.8. The first kappa shape index (κ1) is 24.2. The molecule has 0 spiro atoms. The molecule has 0 amide bonds. The van der Waals surface area contributed by atoms with Crippen molar-refractivity contribution in [3.8, 4) is 0 Å². The molecule has 0 rings (SSSR count). The molecule has 4 nitrogen and oxygen atoms in total. The minimum absolute atomic E-state index is 0. The molecule has 0 aromatic carbocycles. The van der Waals surface area contributed by atoms with Crippen molar-refractivity contribution in [3.63, 3.8) is 0 Å². The predicted octanol–water partition coefficient (Wildman–Crippen LogP) is 2.80. The van der Waals surface area contributed by atoms with Crippen molar-refractivity contribution in [2.45, 2.75) is 79.6 Å². The minimum Gasteiger partial charge on any atom is -0.534 e. The number of rotatable bonds is 6. The normalized spacial score (nSPS) is 9.89. The number of nitrogens with one attached hydrogen (secondary N) is 2. The van der Waals surface area contributed by atoms with Crippen LogP contribution in [-0.4, -0.2) is 84.4 Å². The maximum absolute atomic E-state index is 6.90. The molecule has 0 heterocycles. The van der Waals surface area contributed by atoms with Crippen molar-refractivity contribution in [1.29, 1.82) is 10.8 Å². The van der Waals surface area contributed by atoms with Crippen LogP contribution < -0.4 is 0 Å². The molecule has 0 saturated heterocycles. The van der Waals surface area contributed by atoms with Crippen LogP contribution in [0.2, 0.25) is 0 Å². The summed E-state index contributed by atoms with van der Waals surface area (Å²) in [4.78, 5) is 3.75. The summed E-state index contributed by atoms with van der Waals surface area (Å²) in [5, 5.41) is 13.8. The van der Waals surface area contributed by atoms with Gasteiger partial charge >= 0.3 is 37.7 Å². The van der Waals surface area contributed by atoms with E-state index in [1.807, 2.05) is 9.80 Å². The first-order valence-corrected chi connectivity index (χ1v) is 6.60. The van der Waals surface area contributed by atoms with Crippen LogP contribution in [0.25, 0.3) is 0 Å². The van der Waals surface area contributed by atoms with E-state index in [1.54, 1.807) is 0 Å². The minimum atomic E-state index is 0. The van der Waals surface area contributed by atoms with Gasteiger partial charge < -0.3 is 33.3 Å². The topological polar surface area (TPSA) is 54.2 Å². The van der Waals surface area contributed by atoms with Gasteiger partial charge in [0.25, 0.3) is 0 Å². The molecule has 0 bridgehead atoms. The molecule has 0 aliphatic rings. The summed E-state index contributed by atoms with van der Waals surface area (Å²) < 4.78 is 0. The summed E-state index contributed by atoms with van der Waals surface area (Å²) >= 11 is 0. The standard InChI is InChI=1S/2C7H15N2.Ca/c2*1-6(2)9(5-8)7(3)4;/h2*6-8H,1-4H3;/q2*-1;+2. The molecule has 0 saturated carbocycles. The Morgan fingerprint density at radius 1 is 0.579 bits per heavy atom. The molecule has 2 N–H and O–H groups in total. The second-order valence-electron chi connectivity index (χ2n) is 5.41. The van der Waals surface area contributed by atoms with Crippen molar-refractivity contribution in [3.05, 3.63) is 0 Å². The Labute approximate surface area is 149 Å². The van der Waals surface area contributed by atoms with Gasteiger partial charge in [-0.2, -0.15) is 0 Å². The summed E-state index contributed by atoms with van der Waals surface area (Å²) in [6, 6.07) is 1.56. The van der Waals surface area contributed by atoms with Gasteiger partial charge in [-0.1, -0.05) is 0 Å². The first-order valence-electron chi connectivity index (χ1n) is 6.60. The summed E-state index contributed by atoms with van der Waals surface area (Å²) in [5.74, 6) is 0. The molecule has 0 aliphatic heterocycles. The Morgan fingerprint density at radius 2 is 0.737 bits per heavy atom. The van der Waals surface area contributed by atoms with E-state index in [0.717, 1.165) is 0 Å². The van der Waals surface area contributed by atoms with E-state index in [1.165, 1.54) is 0 Å². The molecular formula is C14H30CaN4. The molecule has 0 aliphatic carbocycles. The number of hydrogen-bond acceptors (Lipinski definition) is 2. The van der Waals surface area contributed by atoms with Crippen LogP contribution in [0.3, 0.4) is 0 Å². The van der Waals surface area contributed by atoms with Crippen molar-refractivity contribution in [2.24, 2.45) is 0 Å². The van der Waals surface area contributed by atoms with Crippen LogP contribution in [-0.2, 0) is 0 Å². The Balaban J connectivity index is -0.000000256. The molecule has 0 unspecified atom stereocenters. The fourth-order valence-electron chi connectivity index (χ4n) is 1.71. The zero-order valence-corrected chi connectivity index (χ0v) is 16.1. The van der Waals surface area contributed by atoms with E-state index in [0.29, 0.717) is 24.2 Å². The summed E-state index contributed by atoms with van der Waals surface area (Å²) in [6.07, 6.45) is 4.77. The average Bonchev–Trinajstić information content (AvgIpc) is 2.17. The first-order chi connectivity index (χ1) is 8.18. The van der Waals surface area contributed by atoms with Crippen LogP contribution in [0.4, 0.5) is 0 Å². The molecular weight excluding hydrogens is 264 g/mol. The SMILES string of the molecule is CC(C)N([C-]=N)C(C)C.CC(C)N([C-]=N)C(C)C.[Ca+2]. The molecule has 19 heavy (non-hydrogen) atoms. The van der Waals surface area contributed by atoms with Gasteiger partial charge in [0.15, 0.2) is 0 Å². The third kappa shape index (κ3) is 11.7. The fourth-order valence-corrected chi connectivity index (χ4v) is 1.71. The maximum atomic E-state index is 6.90. The zero-order valence-electron chi connectivity index (χ0n) is 13.9. The van der Waals surface area contributed by atoms with Gasteiger partial charge in [-0.15, -0.1) is 0 Å². The van der Waals surface area contributed by atoms with Crippen molar-refractivity contribution < 1.29 is 0 Å². The molecule has 0 aromatic rings. The third-order valence-corrected chi connectivity index (χ3v) is 2.48. The molecule has 0 fully saturated rings. The van der Waals surface area contributed by atoms with Gasteiger partial charge in [0.05, 0.1) is 0 Å². The fraction of sp³-hybridized carbons (Fsp3) is 0.857. The number of hydrogen-bond donors (Lipinski definition) is 2. The van der Waals surface area contributed by atoms with Gasteiger partial charge in [-0.3, -0.25) is 0 Å². The maximum Gasteiger partial charge on any atom is 2.00 e. The third-order valence-electron chi connectivity index (χ3n) is 2.48. The van der Waals surface area contributed by atoms with Gasteiger partial charge in [-0.25, -0.2) is 0 Å². The van der Waals surface area contributed by atoms with E-state index in [4.69, 9.17) is 10.8 Å². The van der Waals surface area contributed by atoms with Gasteiger partial charge in [0.2, 0.25) is 0 Å². The monoisotopic (exact) mass is 294 g/mol. The largest absolute Gasteiger partial charge is 2.00 e. The van der Waals surface area contributed by atoms with Crippen LogP contribution >= 0.6 is 0 Å². The van der Waals surface area contributed by atoms with Crippen molar-refractivity contribution >= 4 is 50.4 Å². The van der Waals surface area contributed by atoms with Crippen LogP contribution in [0, 0.1) is 10.8 Å². The molecule has 0 aromatic heterocycles. The molecule has 0 radical (unpaired) electrons. The van der Waals surface area contributed by atoms with Gasteiger partial charge in [0.1, 0.15) is 0 Å². The zero-order chi connectivity index (χ0) is 14.9.